The fraction of sp³-hybridized carbons (Fsp3) is 0.750. The number of ketones is 1. The maximum atomic E-state index is 10.9. The van der Waals surface area contributed by atoms with Crippen LogP contribution in [0.1, 0.15) is 50.7 Å². The summed E-state index contributed by atoms with van der Waals surface area (Å²) in [4.78, 5) is 15.2. The van der Waals surface area contributed by atoms with E-state index in [2.05, 4.69) is 10.1 Å². The number of aryl methyl sites for hydroxylation is 1. The Bertz CT molecular complexity index is 394. The Hall–Kier alpha value is -1.23. The van der Waals surface area contributed by atoms with Crippen LogP contribution in [0.2, 0.25) is 0 Å². The van der Waals surface area contributed by atoms with Crippen LogP contribution in [-0.2, 0) is 21.6 Å². The van der Waals surface area contributed by atoms with E-state index in [0.29, 0.717) is 24.6 Å². The standard InChI is InChI=1S/C12H18N2O3/c1-9(15)5-6-10-13-11(14-17-10)12(16-2)7-3-4-8-12/h3-8H2,1-2H3. The average molecular weight is 238 g/mol. The number of methoxy groups -OCH3 is 1. The molecule has 94 valence electrons. The van der Waals surface area contributed by atoms with Crippen LogP contribution in [0.4, 0.5) is 0 Å². The lowest BCUT2D eigenvalue weighted by Crippen LogP contribution is -2.26. The van der Waals surface area contributed by atoms with Crippen molar-refractivity contribution in [1.29, 1.82) is 0 Å². The Labute approximate surface area is 101 Å². The quantitative estimate of drug-likeness (QED) is 0.785. The minimum absolute atomic E-state index is 0.132. The largest absolute Gasteiger partial charge is 0.370 e. The lowest BCUT2D eigenvalue weighted by Gasteiger charge is -2.22. The molecule has 5 nitrogen and oxygen atoms in total. The molecule has 0 saturated heterocycles. The van der Waals surface area contributed by atoms with Crippen molar-refractivity contribution >= 4 is 5.78 Å². The first-order valence-electron chi connectivity index (χ1n) is 6.04. The highest BCUT2D eigenvalue weighted by molar-refractivity contribution is 5.75. The van der Waals surface area contributed by atoms with Gasteiger partial charge in [-0.25, -0.2) is 0 Å². The number of ether oxygens (including phenoxy) is 1. The van der Waals surface area contributed by atoms with Crippen LogP contribution < -0.4 is 0 Å². The maximum Gasteiger partial charge on any atom is 0.227 e. The van der Waals surface area contributed by atoms with Crippen molar-refractivity contribution < 1.29 is 14.1 Å². The third-order valence-electron chi connectivity index (χ3n) is 3.37. The first-order valence-corrected chi connectivity index (χ1v) is 6.04. The number of nitrogens with zero attached hydrogens (tertiary/aromatic N) is 2. The van der Waals surface area contributed by atoms with Crippen molar-refractivity contribution in [2.75, 3.05) is 7.11 Å². The second-order valence-electron chi connectivity index (χ2n) is 4.62. The summed E-state index contributed by atoms with van der Waals surface area (Å²) in [7, 11) is 1.69. The molecule has 1 aliphatic rings. The number of hydrogen-bond donors (Lipinski definition) is 0. The molecule has 0 aliphatic heterocycles. The van der Waals surface area contributed by atoms with Gasteiger partial charge in [0, 0.05) is 20.0 Å². The first-order chi connectivity index (χ1) is 8.16. The van der Waals surface area contributed by atoms with Gasteiger partial charge in [0.05, 0.1) is 0 Å². The molecule has 0 atom stereocenters. The van der Waals surface area contributed by atoms with Crippen molar-refractivity contribution in [2.45, 2.75) is 51.0 Å². The van der Waals surface area contributed by atoms with Crippen molar-refractivity contribution in [2.24, 2.45) is 0 Å². The van der Waals surface area contributed by atoms with E-state index in [1.165, 1.54) is 0 Å². The van der Waals surface area contributed by atoms with Gasteiger partial charge in [-0.15, -0.1) is 0 Å². The zero-order valence-corrected chi connectivity index (χ0v) is 10.4. The molecule has 0 spiro atoms. The molecule has 17 heavy (non-hydrogen) atoms. The van der Waals surface area contributed by atoms with Crippen molar-refractivity contribution in [1.82, 2.24) is 10.1 Å². The molecule has 1 fully saturated rings. The second-order valence-corrected chi connectivity index (χ2v) is 4.62. The van der Waals surface area contributed by atoms with Crippen molar-refractivity contribution in [3.05, 3.63) is 11.7 Å². The molecule has 1 heterocycles. The summed E-state index contributed by atoms with van der Waals surface area (Å²) in [5.74, 6) is 1.29. The average Bonchev–Trinajstić information content (AvgIpc) is 2.96. The second kappa shape index (κ2) is 4.96. The van der Waals surface area contributed by atoms with Gasteiger partial charge in [-0.2, -0.15) is 4.98 Å². The van der Waals surface area contributed by atoms with Gasteiger partial charge >= 0.3 is 0 Å². The summed E-state index contributed by atoms with van der Waals surface area (Å²) >= 11 is 0. The number of rotatable bonds is 5. The van der Waals surface area contributed by atoms with Gasteiger partial charge < -0.3 is 14.1 Å². The summed E-state index contributed by atoms with van der Waals surface area (Å²) in [5, 5.41) is 4.00. The van der Waals surface area contributed by atoms with Gasteiger partial charge in [-0.1, -0.05) is 5.16 Å². The van der Waals surface area contributed by atoms with E-state index in [4.69, 9.17) is 9.26 Å². The van der Waals surface area contributed by atoms with Crippen LogP contribution in [0.3, 0.4) is 0 Å². The summed E-state index contributed by atoms with van der Waals surface area (Å²) in [5.41, 5.74) is -0.363. The number of carbonyl (C=O) groups excluding carboxylic acids is 1. The minimum Gasteiger partial charge on any atom is -0.370 e. The predicted molar refractivity (Wildman–Crippen MR) is 60.5 cm³/mol. The van der Waals surface area contributed by atoms with Gasteiger partial charge in [0.1, 0.15) is 11.4 Å². The SMILES string of the molecule is COC1(c2noc(CCC(C)=O)n2)CCCC1. The number of Topliss-reactive ketones (excluding diaryl/α,β-unsaturated/α-hetero) is 1. The van der Waals surface area contributed by atoms with E-state index in [-0.39, 0.29) is 11.4 Å². The maximum absolute atomic E-state index is 10.9. The first kappa shape index (κ1) is 12.2. The summed E-state index contributed by atoms with van der Waals surface area (Å²) in [6, 6.07) is 0. The zero-order chi connectivity index (χ0) is 12.3. The Morgan fingerprint density at radius 2 is 2.18 bits per heavy atom. The molecule has 0 aromatic carbocycles. The summed E-state index contributed by atoms with van der Waals surface area (Å²) in [6.07, 6.45) is 5.10. The molecule has 0 amide bonds. The molecular weight excluding hydrogens is 220 g/mol. The third kappa shape index (κ3) is 2.54. The van der Waals surface area contributed by atoms with Crippen LogP contribution in [0, 0.1) is 0 Å². The van der Waals surface area contributed by atoms with Gasteiger partial charge in [0.25, 0.3) is 0 Å². The van der Waals surface area contributed by atoms with Gasteiger partial charge in [-0.05, 0) is 32.6 Å². The molecule has 2 rings (SSSR count). The van der Waals surface area contributed by atoms with E-state index in [9.17, 15) is 4.79 Å². The van der Waals surface area contributed by atoms with E-state index < -0.39 is 0 Å². The fourth-order valence-corrected chi connectivity index (χ4v) is 2.29. The predicted octanol–water partition coefficient (Wildman–Crippen LogP) is 2.01. The molecule has 0 N–H and O–H groups in total. The van der Waals surface area contributed by atoms with Gasteiger partial charge in [-0.3, -0.25) is 0 Å². The Kier molecular flexibility index (Phi) is 3.57. The van der Waals surface area contributed by atoms with E-state index >= 15 is 0 Å². The summed E-state index contributed by atoms with van der Waals surface area (Å²) < 4.78 is 10.7. The van der Waals surface area contributed by atoms with Crippen molar-refractivity contribution in [3.63, 3.8) is 0 Å². The highest BCUT2D eigenvalue weighted by atomic mass is 16.5. The van der Waals surface area contributed by atoms with E-state index in [0.717, 1.165) is 25.7 Å². The highest BCUT2D eigenvalue weighted by Gasteiger charge is 2.40. The molecule has 1 aromatic rings. The molecule has 0 radical (unpaired) electrons. The lowest BCUT2D eigenvalue weighted by molar-refractivity contribution is -0.117. The highest BCUT2D eigenvalue weighted by Crippen LogP contribution is 2.40. The van der Waals surface area contributed by atoms with Crippen LogP contribution >= 0.6 is 0 Å². The number of carbonyl (C=O) groups is 1. The monoisotopic (exact) mass is 238 g/mol. The van der Waals surface area contributed by atoms with Crippen LogP contribution in [0.25, 0.3) is 0 Å². The number of aromatic nitrogens is 2. The molecule has 0 bridgehead atoms. The lowest BCUT2D eigenvalue weighted by atomic mass is 10.0. The van der Waals surface area contributed by atoms with Gasteiger partial charge in [0.2, 0.25) is 11.7 Å². The Morgan fingerprint density at radius 1 is 1.47 bits per heavy atom. The third-order valence-corrected chi connectivity index (χ3v) is 3.37. The van der Waals surface area contributed by atoms with Crippen LogP contribution in [-0.4, -0.2) is 23.0 Å². The molecule has 1 saturated carbocycles. The molecular formula is C12H18N2O3. The van der Waals surface area contributed by atoms with Crippen molar-refractivity contribution in [3.8, 4) is 0 Å². The van der Waals surface area contributed by atoms with Crippen LogP contribution in [0.5, 0.6) is 0 Å². The molecule has 0 unspecified atom stereocenters. The Balaban J connectivity index is 2.08. The normalized spacial score (nSPS) is 18.5. The summed E-state index contributed by atoms with van der Waals surface area (Å²) in [6.45, 7) is 1.56. The smallest absolute Gasteiger partial charge is 0.227 e. The van der Waals surface area contributed by atoms with E-state index in [1.54, 1.807) is 14.0 Å². The number of hydrogen-bond acceptors (Lipinski definition) is 5. The molecule has 1 aromatic heterocycles. The molecule has 1 aliphatic carbocycles. The topological polar surface area (TPSA) is 65.2 Å². The van der Waals surface area contributed by atoms with Gasteiger partial charge in [0.15, 0.2) is 0 Å². The minimum atomic E-state index is -0.363. The Morgan fingerprint density at radius 3 is 2.76 bits per heavy atom. The van der Waals surface area contributed by atoms with Crippen LogP contribution in [0.15, 0.2) is 4.52 Å². The molecule has 5 heteroatoms. The zero-order valence-electron chi connectivity index (χ0n) is 10.4. The fourth-order valence-electron chi connectivity index (χ4n) is 2.29. The van der Waals surface area contributed by atoms with E-state index in [1.807, 2.05) is 0 Å².